The van der Waals surface area contributed by atoms with Crippen LogP contribution in [0.4, 0.5) is 13.2 Å². The summed E-state index contributed by atoms with van der Waals surface area (Å²) in [6, 6.07) is 5.64. The number of alkyl halides is 3. The Bertz CT molecular complexity index is 1010. The summed E-state index contributed by atoms with van der Waals surface area (Å²) in [6.07, 6.45) is 0.777. The maximum atomic E-state index is 12.7. The average Bonchev–Trinajstić information content (AvgIpc) is 3.51. The molecule has 1 heterocycles. The van der Waals surface area contributed by atoms with E-state index in [9.17, 15) is 23.2 Å². The van der Waals surface area contributed by atoms with Crippen LogP contribution in [0.25, 0.3) is 5.57 Å². The lowest BCUT2D eigenvalue weighted by molar-refractivity contribution is -0.118. The van der Waals surface area contributed by atoms with Gasteiger partial charge in [-0.2, -0.15) is 18.4 Å². The highest BCUT2D eigenvalue weighted by Gasteiger charge is 2.46. The van der Waals surface area contributed by atoms with E-state index in [4.69, 9.17) is 4.74 Å². The number of amides is 1. The van der Waals surface area contributed by atoms with Crippen molar-refractivity contribution >= 4 is 11.5 Å². The molecule has 0 aromatic carbocycles. The van der Waals surface area contributed by atoms with E-state index >= 15 is 0 Å². The van der Waals surface area contributed by atoms with Crippen LogP contribution in [-0.4, -0.2) is 24.2 Å². The number of methoxy groups -OCH3 is 1. The maximum Gasteiger partial charge on any atom is 0.415 e. The summed E-state index contributed by atoms with van der Waals surface area (Å²) in [5.41, 5.74) is 0.579. The number of rotatable bonds is 7. The Kier molecular flexibility index (Phi) is 7.11. The third-order valence-corrected chi connectivity index (χ3v) is 5.05. The van der Waals surface area contributed by atoms with Crippen molar-refractivity contribution in [3.8, 4) is 6.07 Å². The van der Waals surface area contributed by atoms with Crippen LogP contribution < -0.4 is 5.32 Å². The Hall–Kier alpha value is -3.34. The summed E-state index contributed by atoms with van der Waals surface area (Å²) in [6.45, 7) is 7.71. The highest BCUT2D eigenvalue weighted by molar-refractivity contribution is 5.94. The van der Waals surface area contributed by atoms with Crippen LogP contribution in [0.2, 0.25) is 0 Å². The van der Waals surface area contributed by atoms with Gasteiger partial charge >= 0.3 is 6.18 Å². The molecule has 31 heavy (non-hydrogen) atoms. The summed E-state index contributed by atoms with van der Waals surface area (Å²) in [5, 5.41) is 12.1. The van der Waals surface area contributed by atoms with E-state index in [1.165, 1.54) is 14.0 Å². The van der Waals surface area contributed by atoms with Gasteiger partial charge in [0.15, 0.2) is 0 Å². The van der Waals surface area contributed by atoms with Gasteiger partial charge in [-0.1, -0.05) is 12.6 Å². The third kappa shape index (κ3) is 5.85. The molecule has 0 aliphatic heterocycles. The van der Waals surface area contributed by atoms with Crippen LogP contribution in [-0.2, 0) is 15.1 Å². The summed E-state index contributed by atoms with van der Waals surface area (Å²) >= 11 is 0. The fraction of sp³-hybridized carbons (Fsp3) is 0.348. The van der Waals surface area contributed by atoms with Crippen molar-refractivity contribution in [1.29, 1.82) is 5.26 Å². The lowest BCUT2D eigenvalue weighted by Crippen LogP contribution is -2.35. The molecule has 1 aromatic rings. The minimum absolute atomic E-state index is 0.0757. The zero-order chi connectivity index (χ0) is 23.4. The monoisotopic (exact) mass is 431 g/mol. The number of aromatic nitrogens is 1. The third-order valence-electron chi connectivity index (χ3n) is 5.05. The van der Waals surface area contributed by atoms with Gasteiger partial charge < -0.3 is 10.1 Å². The SMILES string of the molecule is C=C(/C=C(\C)C(=O)NC1(c2ccc(C(/C=C(\C)OC)=C(/C)C#N)nc2)CC1)C(F)(F)F. The van der Waals surface area contributed by atoms with E-state index in [1.54, 1.807) is 38.3 Å². The second kappa shape index (κ2) is 9.21. The summed E-state index contributed by atoms with van der Waals surface area (Å²) in [4.78, 5) is 16.9. The molecule has 0 unspecified atom stereocenters. The molecule has 1 aliphatic carbocycles. The Balaban J connectivity index is 2.25. The smallest absolute Gasteiger partial charge is 0.415 e. The van der Waals surface area contributed by atoms with Crippen LogP contribution in [0.15, 0.2) is 59.5 Å². The van der Waals surface area contributed by atoms with Crippen molar-refractivity contribution in [1.82, 2.24) is 10.3 Å². The first-order valence-electron chi connectivity index (χ1n) is 9.50. The second-order valence-corrected chi connectivity index (χ2v) is 7.43. The molecule has 1 N–H and O–H groups in total. The van der Waals surface area contributed by atoms with Gasteiger partial charge in [0, 0.05) is 28.5 Å². The molecule has 0 saturated heterocycles. The number of pyridine rings is 1. The molecule has 0 radical (unpaired) electrons. The molecule has 1 fully saturated rings. The van der Waals surface area contributed by atoms with E-state index in [0.717, 1.165) is 11.6 Å². The number of hydrogen-bond donors (Lipinski definition) is 1. The van der Waals surface area contributed by atoms with Crippen molar-refractivity contribution in [3.63, 3.8) is 0 Å². The molecule has 0 spiro atoms. The average molecular weight is 431 g/mol. The van der Waals surface area contributed by atoms with Gasteiger partial charge in [0.2, 0.25) is 5.91 Å². The van der Waals surface area contributed by atoms with Gasteiger partial charge in [0.05, 0.1) is 30.2 Å². The Morgan fingerprint density at radius 1 is 1.29 bits per heavy atom. The largest absolute Gasteiger partial charge is 0.501 e. The number of nitriles is 1. The molecule has 2 rings (SSSR count). The number of carbonyl (C=O) groups is 1. The van der Waals surface area contributed by atoms with Crippen molar-refractivity contribution in [2.75, 3.05) is 7.11 Å². The molecule has 164 valence electrons. The van der Waals surface area contributed by atoms with Crippen molar-refractivity contribution < 1.29 is 22.7 Å². The van der Waals surface area contributed by atoms with Crippen LogP contribution in [0.1, 0.15) is 44.9 Å². The summed E-state index contributed by atoms with van der Waals surface area (Å²) in [7, 11) is 1.53. The summed E-state index contributed by atoms with van der Waals surface area (Å²) in [5.74, 6) is 0.0237. The van der Waals surface area contributed by atoms with E-state index in [-0.39, 0.29) is 5.57 Å². The lowest BCUT2D eigenvalue weighted by Gasteiger charge is -2.19. The topological polar surface area (TPSA) is 75.0 Å². The van der Waals surface area contributed by atoms with Gasteiger partial charge in [-0.05, 0) is 57.4 Å². The molecule has 1 saturated carbocycles. The maximum absolute atomic E-state index is 12.7. The Morgan fingerprint density at radius 2 is 1.94 bits per heavy atom. The van der Waals surface area contributed by atoms with Crippen LogP contribution >= 0.6 is 0 Å². The van der Waals surface area contributed by atoms with Crippen molar-refractivity contribution in [2.45, 2.75) is 45.3 Å². The molecular formula is C23H24F3N3O2. The second-order valence-electron chi connectivity index (χ2n) is 7.43. The van der Waals surface area contributed by atoms with E-state index in [0.29, 0.717) is 35.4 Å². The van der Waals surface area contributed by atoms with E-state index < -0.39 is 23.2 Å². The Morgan fingerprint density at radius 3 is 2.39 bits per heavy atom. The lowest BCUT2D eigenvalue weighted by atomic mass is 10.0. The number of nitrogens with zero attached hydrogens (tertiary/aromatic N) is 2. The zero-order valence-electron chi connectivity index (χ0n) is 17.9. The predicted octanol–water partition coefficient (Wildman–Crippen LogP) is 5.10. The Labute approximate surface area is 179 Å². The van der Waals surface area contributed by atoms with Gasteiger partial charge in [-0.3, -0.25) is 9.78 Å². The summed E-state index contributed by atoms with van der Waals surface area (Å²) < 4.78 is 43.1. The molecule has 1 amide bonds. The zero-order valence-corrected chi connectivity index (χ0v) is 17.9. The van der Waals surface area contributed by atoms with Crippen LogP contribution in [0, 0.1) is 11.3 Å². The molecule has 8 heteroatoms. The number of allylic oxidation sites excluding steroid dienone is 6. The molecule has 1 aliphatic rings. The number of hydrogen-bond acceptors (Lipinski definition) is 4. The van der Waals surface area contributed by atoms with Crippen molar-refractivity contribution in [2.24, 2.45) is 0 Å². The molecular weight excluding hydrogens is 407 g/mol. The molecule has 0 bridgehead atoms. The van der Waals surface area contributed by atoms with E-state index in [1.807, 2.05) is 0 Å². The van der Waals surface area contributed by atoms with Crippen molar-refractivity contribution in [3.05, 3.63) is 70.8 Å². The minimum Gasteiger partial charge on any atom is -0.501 e. The van der Waals surface area contributed by atoms with E-state index in [2.05, 4.69) is 22.9 Å². The molecule has 1 aromatic heterocycles. The van der Waals surface area contributed by atoms with Crippen LogP contribution in [0.5, 0.6) is 0 Å². The van der Waals surface area contributed by atoms with Gasteiger partial charge in [-0.15, -0.1) is 0 Å². The number of carbonyl (C=O) groups excluding carboxylic acids is 1. The highest BCUT2D eigenvalue weighted by Crippen LogP contribution is 2.45. The number of halogens is 3. The van der Waals surface area contributed by atoms with Gasteiger partial charge in [-0.25, -0.2) is 0 Å². The first-order valence-corrected chi connectivity index (χ1v) is 9.50. The quantitative estimate of drug-likeness (QED) is 0.282. The minimum atomic E-state index is -4.58. The van der Waals surface area contributed by atoms with Crippen LogP contribution in [0.3, 0.4) is 0 Å². The van der Waals surface area contributed by atoms with Gasteiger partial charge in [0.1, 0.15) is 0 Å². The molecule has 0 atom stereocenters. The standard InChI is InChI=1S/C23H24F3N3O2/c1-14(10-16(3)23(24,25)26)21(30)29-22(8-9-22)18-6-7-20(28-13-18)19(15(2)12-27)11-17(4)31-5/h6-7,10-11,13H,3,8-9H2,1-2,4-5H3,(H,29,30)/b14-10+,17-11+,19-15-. The first-order chi connectivity index (χ1) is 14.4. The number of ether oxygens (including phenoxy) is 1. The predicted molar refractivity (Wildman–Crippen MR) is 111 cm³/mol. The number of nitrogens with one attached hydrogen (secondary N) is 1. The normalized spacial score (nSPS) is 16.7. The highest BCUT2D eigenvalue weighted by atomic mass is 19.4. The first kappa shape index (κ1) is 23.9. The fourth-order valence-corrected chi connectivity index (χ4v) is 2.87. The van der Waals surface area contributed by atoms with Gasteiger partial charge in [0.25, 0.3) is 0 Å². The molecule has 5 nitrogen and oxygen atoms in total. The fourth-order valence-electron chi connectivity index (χ4n) is 2.87.